The van der Waals surface area contributed by atoms with Gasteiger partial charge in [0.05, 0.1) is 23.3 Å². The normalized spacial score (nSPS) is 11.6. The minimum Gasteiger partial charge on any atom is -0.361 e. The van der Waals surface area contributed by atoms with Gasteiger partial charge in [-0.15, -0.1) is 0 Å². The van der Waals surface area contributed by atoms with Gasteiger partial charge in [0.2, 0.25) is 0 Å². The first-order valence-corrected chi connectivity index (χ1v) is 9.25. The molecule has 0 aliphatic carbocycles. The van der Waals surface area contributed by atoms with Crippen molar-refractivity contribution in [2.24, 2.45) is 0 Å². The van der Waals surface area contributed by atoms with Gasteiger partial charge in [-0.2, -0.15) is 0 Å². The molecule has 2 aromatic heterocycles. The summed E-state index contributed by atoms with van der Waals surface area (Å²) in [6, 6.07) is 18.3. The van der Waals surface area contributed by atoms with Crippen molar-refractivity contribution in [1.82, 2.24) is 19.6 Å². The maximum atomic E-state index is 6.18. The number of nitrogens with zero attached hydrogens (tertiary/aromatic N) is 4. The summed E-state index contributed by atoms with van der Waals surface area (Å²) >= 11 is 6.18. The summed E-state index contributed by atoms with van der Waals surface area (Å²) in [5.41, 5.74) is 4.16. The van der Waals surface area contributed by atoms with Crippen molar-refractivity contribution in [2.75, 3.05) is 7.05 Å². The first-order valence-electron chi connectivity index (χ1n) is 8.88. The van der Waals surface area contributed by atoms with Gasteiger partial charge in [0.1, 0.15) is 11.6 Å². The fraction of sp³-hybridized carbons (Fsp3) is 0.238. The minimum absolute atomic E-state index is 0.699. The van der Waals surface area contributed by atoms with Gasteiger partial charge in [0.25, 0.3) is 0 Å². The molecule has 0 saturated heterocycles. The lowest BCUT2D eigenvalue weighted by molar-refractivity contribution is 0.292. The number of benzene rings is 2. The zero-order valence-electron chi connectivity index (χ0n) is 15.4. The second kappa shape index (κ2) is 7.55. The number of hydrogen-bond donors (Lipinski definition) is 0. The van der Waals surface area contributed by atoms with E-state index in [2.05, 4.69) is 45.9 Å². The van der Waals surface area contributed by atoms with Crippen LogP contribution >= 0.6 is 11.6 Å². The number of halogens is 1. The molecule has 0 atom stereocenters. The Hall–Kier alpha value is -2.63. The first kappa shape index (κ1) is 17.8. The molecule has 5 nitrogen and oxygen atoms in total. The predicted molar refractivity (Wildman–Crippen MR) is 107 cm³/mol. The van der Waals surface area contributed by atoms with E-state index < -0.39 is 0 Å². The molecule has 0 radical (unpaired) electrons. The van der Waals surface area contributed by atoms with E-state index in [1.54, 1.807) is 0 Å². The number of rotatable bonds is 6. The Morgan fingerprint density at radius 3 is 2.63 bits per heavy atom. The van der Waals surface area contributed by atoms with E-state index in [1.165, 1.54) is 5.56 Å². The van der Waals surface area contributed by atoms with Gasteiger partial charge in [-0.1, -0.05) is 47.1 Å². The second-order valence-corrected chi connectivity index (χ2v) is 7.27. The Morgan fingerprint density at radius 2 is 1.89 bits per heavy atom. The molecule has 0 aliphatic heterocycles. The van der Waals surface area contributed by atoms with E-state index >= 15 is 0 Å². The van der Waals surface area contributed by atoms with Crippen LogP contribution in [0, 0.1) is 6.92 Å². The molecule has 6 heteroatoms. The molecule has 0 saturated carbocycles. The summed E-state index contributed by atoms with van der Waals surface area (Å²) in [6.07, 6.45) is 0. The van der Waals surface area contributed by atoms with Gasteiger partial charge in [-0.05, 0) is 37.7 Å². The second-order valence-electron chi connectivity index (χ2n) is 6.83. The zero-order valence-corrected chi connectivity index (χ0v) is 16.1. The van der Waals surface area contributed by atoms with Crippen LogP contribution in [0.3, 0.4) is 0 Å². The van der Waals surface area contributed by atoms with E-state index in [-0.39, 0.29) is 0 Å². The molecule has 138 valence electrons. The van der Waals surface area contributed by atoms with Crippen LogP contribution in [0.15, 0.2) is 59.1 Å². The Bertz CT molecular complexity index is 1050. The van der Waals surface area contributed by atoms with Crippen LogP contribution in [0.4, 0.5) is 0 Å². The van der Waals surface area contributed by atoms with Crippen LogP contribution in [0.5, 0.6) is 0 Å². The van der Waals surface area contributed by atoms with Gasteiger partial charge in [-0.25, -0.2) is 4.98 Å². The third kappa shape index (κ3) is 4.04. The quantitative estimate of drug-likeness (QED) is 0.487. The lowest BCUT2D eigenvalue weighted by Gasteiger charge is -2.16. The Labute approximate surface area is 163 Å². The molecule has 27 heavy (non-hydrogen) atoms. The van der Waals surface area contributed by atoms with Crippen molar-refractivity contribution in [3.05, 3.63) is 82.5 Å². The van der Waals surface area contributed by atoms with Gasteiger partial charge < -0.3 is 9.09 Å². The maximum absolute atomic E-state index is 6.18. The Morgan fingerprint density at radius 1 is 1.07 bits per heavy atom. The average molecular weight is 381 g/mol. The first-order chi connectivity index (χ1) is 13.1. The van der Waals surface area contributed by atoms with Gasteiger partial charge in [-0.3, -0.25) is 4.90 Å². The number of fused-ring (bicyclic) bond motifs is 1. The highest BCUT2D eigenvalue weighted by atomic mass is 35.5. The van der Waals surface area contributed by atoms with Crippen molar-refractivity contribution in [1.29, 1.82) is 0 Å². The lowest BCUT2D eigenvalue weighted by Crippen LogP contribution is -2.20. The molecule has 0 fully saturated rings. The van der Waals surface area contributed by atoms with Gasteiger partial charge in [0.15, 0.2) is 0 Å². The Kier molecular flexibility index (Phi) is 4.97. The summed E-state index contributed by atoms with van der Waals surface area (Å²) in [5, 5.41) is 4.78. The smallest absolute Gasteiger partial charge is 0.133 e. The van der Waals surface area contributed by atoms with Crippen molar-refractivity contribution >= 4 is 22.6 Å². The molecule has 4 aromatic rings. The van der Waals surface area contributed by atoms with Crippen LogP contribution < -0.4 is 0 Å². The molecule has 4 rings (SSSR count). The van der Waals surface area contributed by atoms with Crippen LogP contribution in [0.1, 0.15) is 22.8 Å². The predicted octanol–water partition coefficient (Wildman–Crippen LogP) is 4.67. The zero-order chi connectivity index (χ0) is 18.8. The van der Waals surface area contributed by atoms with E-state index in [9.17, 15) is 0 Å². The SMILES string of the molecule is Cc1cc(CN(C)Cc2nc3cc(Cl)ccc3n2Cc2ccccc2)no1. The van der Waals surface area contributed by atoms with E-state index in [4.69, 9.17) is 21.1 Å². The molecule has 0 amide bonds. The van der Waals surface area contributed by atoms with Crippen LogP contribution in [-0.4, -0.2) is 26.7 Å². The highest BCUT2D eigenvalue weighted by Gasteiger charge is 2.14. The summed E-state index contributed by atoms with van der Waals surface area (Å²) in [4.78, 5) is 7.03. The molecule has 0 unspecified atom stereocenters. The summed E-state index contributed by atoms with van der Waals surface area (Å²) in [5.74, 6) is 1.82. The molecule has 0 bridgehead atoms. The molecule has 2 heterocycles. The largest absolute Gasteiger partial charge is 0.361 e. The van der Waals surface area contributed by atoms with Crippen molar-refractivity contribution < 1.29 is 4.52 Å². The Balaban J connectivity index is 1.64. The molecule has 2 aromatic carbocycles. The fourth-order valence-corrected chi connectivity index (χ4v) is 3.45. The molecule has 0 N–H and O–H groups in total. The number of aryl methyl sites for hydroxylation is 1. The maximum Gasteiger partial charge on any atom is 0.133 e. The van der Waals surface area contributed by atoms with Crippen LogP contribution in [-0.2, 0) is 19.6 Å². The molecule has 0 aliphatic rings. The third-order valence-electron chi connectivity index (χ3n) is 4.49. The summed E-state index contributed by atoms with van der Waals surface area (Å²) in [6.45, 7) is 4.07. The van der Waals surface area contributed by atoms with E-state index in [1.807, 2.05) is 37.3 Å². The van der Waals surface area contributed by atoms with Gasteiger partial charge >= 0.3 is 0 Å². The fourth-order valence-electron chi connectivity index (χ4n) is 3.28. The number of aromatic nitrogens is 3. The monoisotopic (exact) mass is 380 g/mol. The van der Waals surface area contributed by atoms with E-state index in [0.717, 1.165) is 34.9 Å². The summed E-state index contributed by atoms with van der Waals surface area (Å²) in [7, 11) is 2.06. The summed E-state index contributed by atoms with van der Waals surface area (Å²) < 4.78 is 7.42. The molecule has 0 spiro atoms. The van der Waals surface area contributed by atoms with Crippen molar-refractivity contribution in [3.8, 4) is 0 Å². The molecular formula is C21H21ClN4O. The van der Waals surface area contributed by atoms with Crippen molar-refractivity contribution in [2.45, 2.75) is 26.6 Å². The van der Waals surface area contributed by atoms with Crippen LogP contribution in [0.25, 0.3) is 11.0 Å². The molecular weight excluding hydrogens is 360 g/mol. The van der Waals surface area contributed by atoms with Gasteiger partial charge in [0, 0.05) is 24.2 Å². The number of hydrogen-bond acceptors (Lipinski definition) is 4. The van der Waals surface area contributed by atoms with Crippen LogP contribution in [0.2, 0.25) is 5.02 Å². The highest BCUT2D eigenvalue weighted by Crippen LogP contribution is 2.23. The topological polar surface area (TPSA) is 47.1 Å². The number of imidazole rings is 1. The third-order valence-corrected chi connectivity index (χ3v) is 4.73. The highest BCUT2D eigenvalue weighted by molar-refractivity contribution is 6.31. The lowest BCUT2D eigenvalue weighted by atomic mass is 10.2. The standard InChI is InChI=1S/C21H21ClN4O/c1-15-10-18(24-27-15)13-25(2)14-21-23-19-11-17(22)8-9-20(19)26(21)12-16-6-4-3-5-7-16/h3-11H,12-14H2,1-2H3. The van der Waals surface area contributed by atoms with E-state index in [0.29, 0.717) is 18.1 Å². The minimum atomic E-state index is 0.699. The van der Waals surface area contributed by atoms with Crippen molar-refractivity contribution in [3.63, 3.8) is 0 Å². The average Bonchev–Trinajstić information content (AvgIpc) is 3.19.